The Morgan fingerprint density at radius 1 is 1.12 bits per heavy atom. The fraction of sp³-hybridized carbons (Fsp3) is 0.158. The lowest BCUT2D eigenvalue weighted by atomic mass is 10.2. The number of nitriles is 1. The molecule has 128 valence electrons. The van der Waals surface area contributed by atoms with Crippen molar-refractivity contribution in [2.24, 2.45) is 0 Å². The molecule has 0 unspecified atom stereocenters. The summed E-state index contributed by atoms with van der Waals surface area (Å²) in [7, 11) is 3.09. The van der Waals surface area contributed by atoms with Crippen LogP contribution in [0.3, 0.4) is 0 Å². The molecule has 0 fully saturated rings. The van der Waals surface area contributed by atoms with Crippen LogP contribution in [-0.2, 0) is 4.79 Å². The molecular formula is C19H19N3O3. The highest BCUT2D eigenvalue weighted by Gasteiger charge is 2.11. The molecular weight excluding hydrogens is 318 g/mol. The second kappa shape index (κ2) is 8.41. The van der Waals surface area contributed by atoms with Gasteiger partial charge in [-0.05, 0) is 30.7 Å². The Bertz CT molecular complexity index is 838. The lowest BCUT2D eigenvalue weighted by molar-refractivity contribution is -0.112. The zero-order valence-corrected chi connectivity index (χ0v) is 14.3. The molecule has 2 rings (SSSR count). The van der Waals surface area contributed by atoms with Crippen molar-refractivity contribution in [1.82, 2.24) is 0 Å². The molecule has 0 atom stereocenters. The van der Waals surface area contributed by atoms with Crippen LogP contribution in [0.1, 0.15) is 5.56 Å². The van der Waals surface area contributed by atoms with Crippen LogP contribution in [-0.4, -0.2) is 20.1 Å². The summed E-state index contributed by atoms with van der Waals surface area (Å²) in [6.45, 7) is 1.88. The quantitative estimate of drug-likeness (QED) is 0.623. The normalized spacial score (nSPS) is 10.6. The Labute approximate surface area is 146 Å². The average Bonchev–Trinajstić information content (AvgIpc) is 2.63. The predicted octanol–water partition coefficient (Wildman–Crippen LogP) is 3.47. The van der Waals surface area contributed by atoms with Gasteiger partial charge in [-0.1, -0.05) is 18.2 Å². The van der Waals surface area contributed by atoms with Crippen LogP contribution >= 0.6 is 0 Å². The van der Waals surface area contributed by atoms with E-state index in [4.69, 9.17) is 9.47 Å². The molecule has 0 aromatic heterocycles. The summed E-state index contributed by atoms with van der Waals surface area (Å²) in [6.07, 6.45) is 1.36. The molecule has 2 aromatic carbocycles. The van der Waals surface area contributed by atoms with Gasteiger partial charge in [-0.3, -0.25) is 4.79 Å². The van der Waals surface area contributed by atoms with Gasteiger partial charge in [-0.15, -0.1) is 0 Å². The highest BCUT2D eigenvalue weighted by molar-refractivity contribution is 6.07. The Morgan fingerprint density at radius 3 is 2.48 bits per heavy atom. The summed E-state index contributed by atoms with van der Waals surface area (Å²) >= 11 is 0. The molecule has 0 saturated carbocycles. The van der Waals surface area contributed by atoms with E-state index in [1.807, 2.05) is 31.2 Å². The maximum Gasteiger partial charge on any atom is 0.267 e. The van der Waals surface area contributed by atoms with E-state index in [2.05, 4.69) is 10.6 Å². The van der Waals surface area contributed by atoms with Gasteiger partial charge < -0.3 is 20.1 Å². The summed E-state index contributed by atoms with van der Waals surface area (Å²) in [5, 5.41) is 14.9. The minimum atomic E-state index is -0.482. The topological polar surface area (TPSA) is 83.4 Å². The van der Waals surface area contributed by atoms with Crippen molar-refractivity contribution in [3.63, 3.8) is 0 Å². The van der Waals surface area contributed by atoms with E-state index in [9.17, 15) is 10.1 Å². The number of ether oxygens (including phenoxy) is 2. The van der Waals surface area contributed by atoms with Gasteiger partial charge in [0.15, 0.2) is 11.5 Å². The van der Waals surface area contributed by atoms with Gasteiger partial charge in [0.2, 0.25) is 0 Å². The van der Waals surface area contributed by atoms with Gasteiger partial charge >= 0.3 is 0 Å². The van der Waals surface area contributed by atoms with Gasteiger partial charge in [0.1, 0.15) is 11.6 Å². The number of para-hydroxylation sites is 1. The number of hydrogen-bond donors (Lipinski definition) is 2. The Hall–Kier alpha value is -3.46. The van der Waals surface area contributed by atoms with E-state index in [-0.39, 0.29) is 5.57 Å². The number of carbonyl (C=O) groups is 1. The Balaban J connectivity index is 2.14. The van der Waals surface area contributed by atoms with Crippen molar-refractivity contribution in [1.29, 1.82) is 5.26 Å². The first kappa shape index (κ1) is 17.9. The average molecular weight is 337 g/mol. The molecule has 0 aliphatic carbocycles. The number of nitrogens with zero attached hydrogens (tertiary/aromatic N) is 1. The molecule has 2 N–H and O–H groups in total. The number of amides is 1. The van der Waals surface area contributed by atoms with Crippen LogP contribution in [0.5, 0.6) is 11.5 Å². The van der Waals surface area contributed by atoms with Crippen LogP contribution in [0.15, 0.2) is 54.2 Å². The molecule has 0 saturated heterocycles. The second-order valence-electron chi connectivity index (χ2n) is 5.15. The van der Waals surface area contributed by atoms with E-state index >= 15 is 0 Å². The van der Waals surface area contributed by atoms with Crippen LogP contribution in [0.2, 0.25) is 0 Å². The van der Waals surface area contributed by atoms with Crippen molar-refractivity contribution in [2.45, 2.75) is 6.92 Å². The summed E-state index contributed by atoms with van der Waals surface area (Å²) in [5.41, 5.74) is 2.20. The standard InChI is InChI=1S/C19H19N3O3/c1-13-6-4-5-7-16(13)22-19(23)14(11-20)12-21-15-8-9-17(24-2)18(10-15)25-3/h4-10,12,21H,1-3H3,(H,22,23)/b14-12-. The highest BCUT2D eigenvalue weighted by Crippen LogP contribution is 2.29. The lowest BCUT2D eigenvalue weighted by Crippen LogP contribution is -2.15. The van der Waals surface area contributed by atoms with E-state index < -0.39 is 5.91 Å². The van der Waals surface area contributed by atoms with Crippen LogP contribution < -0.4 is 20.1 Å². The Morgan fingerprint density at radius 2 is 1.84 bits per heavy atom. The molecule has 0 aliphatic rings. The first-order chi connectivity index (χ1) is 12.1. The molecule has 0 aliphatic heterocycles. The summed E-state index contributed by atoms with van der Waals surface area (Å²) in [4.78, 5) is 12.3. The number of anilines is 2. The largest absolute Gasteiger partial charge is 0.493 e. The van der Waals surface area contributed by atoms with E-state index in [0.29, 0.717) is 22.9 Å². The molecule has 6 heteroatoms. The third-order valence-electron chi connectivity index (χ3n) is 3.53. The summed E-state index contributed by atoms with van der Waals surface area (Å²) in [6, 6.07) is 14.5. The third kappa shape index (κ3) is 4.52. The molecule has 1 amide bonds. The van der Waals surface area contributed by atoms with Crippen molar-refractivity contribution >= 4 is 17.3 Å². The fourth-order valence-electron chi connectivity index (χ4n) is 2.13. The fourth-order valence-corrected chi connectivity index (χ4v) is 2.13. The van der Waals surface area contributed by atoms with Crippen LogP contribution in [0.4, 0.5) is 11.4 Å². The van der Waals surface area contributed by atoms with Crippen molar-refractivity contribution in [2.75, 3.05) is 24.9 Å². The number of nitrogens with one attached hydrogen (secondary N) is 2. The first-order valence-corrected chi connectivity index (χ1v) is 7.55. The van der Waals surface area contributed by atoms with Gasteiger partial charge in [-0.25, -0.2) is 0 Å². The van der Waals surface area contributed by atoms with Gasteiger partial charge in [0.25, 0.3) is 5.91 Å². The number of benzene rings is 2. The molecule has 25 heavy (non-hydrogen) atoms. The molecule has 0 bridgehead atoms. The zero-order chi connectivity index (χ0) is 18.2. The highest BCUT2D eigenvalue weighted by atomic mass is 16.5. The van der Waals surface area contributed by atoms with Gasteiger partial charge in [0, 0.05) is 23.6 Å². The maximum absolute atomic E-state index is 12.3. The van der Waals surface area contributed by atoms with Crippen molar-refractivity contribution in [3.05, 3.63) is 59.8 Å². The number of hydrogen-bond acceptors (Lipinski definition) is 5. The van der Waals surface area contributed by atoms with E-state index in [0.717, 1.165) is 5.56 Å². The SMILES string of the molecule is COc1ccc(N/C=C(/C#N)C(=O)Nc2ccccc2C)cc1OC. The number of rotatable bonds is 6. The smallest absolute Gasteiger partial charge is 0.267 e. The van der Waals surface area contributed by atoms with Crippen molar-refractivity contribution in [3.8, 4) is 17.6 Å². The first-order valence-electron chi connectivity index (χ1n) is 7.55. The monoisotopic (exact) mass is 337 g/mol. The van der Waals surface area contributed by atoms with E-state index in [1.54, 1.807) is 31.4 Å². The molecule has 2 aromatic rings. The van der Waals surface area contributed by atoms with Crippen molar-refractivity contribution < 1.29 is 14.3 Å². The van der Waals surface area contributed by atoms with Crippen LogP contribution in [0, 0.1) is 18.3 Å². The van der Waals surface area contributed by atoms with Crippen LogP contribution in [0.25, 0.3) is 0 Å². The minimum absolute atomic E-state index is 0.0435. The molecule has 0 spiro atoms. The molecule has 0 radical (unpaired) electrons. The summed E-state index contributed by atoms with van der Waals surface area (Å²) in [5.74, 6) is 0.656. The predicted molar refractivity (Wildman–Crippen MR) is 96.7 cm³/mol. The van der Waals surface area contributed by atoms with Gasteiger partial charge in [-0.2, -0.15) is 5.26 Å². The maximum atomic E-state index is 12.3. The van der Waals surface area contributed by atoms with E-state index in [1.165, 1.54) is 13.3 Å². The molecule has 6 nitrogen and oxygen atoms in total. The second-order valence-corrected chi connectivity index (χ2v) is 5.15. The Kier molecular flexibility index (Phi) is 6.02. The minimum Gasteiger partial charge on any atom is -0.493 e. The number of aryl methyl sites for hydroxylation is 1. The zero-order valence-electron chi connectivity index (χ0n) is 14.3. The molecule has 0 heterocycles. The third-order valence-corrected chi connectivity index (χ3v) is 3.53. The summed E-state index contributed by atoms with van der Waals surface area (Å²) < 4.78 is 10.4. The number of carbonyl (C=O) groups excluding carboxylic acids is 1. The number of methoxy groups -OCH3 is 2. The lowest BCUT2D eigenvalue weighted by Gasteiger charge is -2.10. The van der Waals surface area contributed by atoms with Gasteiger partial charge in [0.05, 0.1) is 14.2 Å².